The first-order valence-electron chi connectivity index (χ1n) is 11.4. The van der Waals surface area contributed by atoms with Crippen molar-refractivity contribution in [2.45, 2.75) is 51.7 Å². The molecule has 3 nitrogen and oxygen atoms in total. The molecule has 1 saturated heterocycles. The minimum Gasteiger partial charge on any atom is -0.335 e. The van der Waals surface area contributed by atoms with Gasteiger partial charge in [-0.3, -0.25) is 4.79 Å². The van der Waals surface area contributed by atoms with Gasteiger partial charge in [-0.1, -0.05) is 71.3 Å². The fourth-order valence-corrected chi connectivity index (χ4v) is 4.97. The molecule has 4 heteroatoms. The molecule has 0 saturated carbocycles. The summed E-state index contributed by atoms with van der Waals surface area (Å²) in [5, 5.41) is 4.47. The van der Waals surface area contributed by atoms with E-state index in [0.29, 0.717) is 6.04 Å². The molecule has 32 heavy (non-hydrogen) atoms. The second kappa shape index (κ2) is 10.3. The van der Waals surface area contributed by atoms with E-state index < -0.39 is 0 Å². The van der Waals surface area contributed by atoms with Gasteiger partial charge < -0.3 is 10.2 Å². The maximum atomic E-state index is 13.5. The molecule has 1 fully saturated rings. The number of rotatable bonds is 6. The van der Waals surface area contributed by atoms with Crippen LogP contribution in [0.3, 0.4) is 0 Å². The fourth-order valence-electron chi connectivity index (χ4n) is 4.76. The number of piperidine rings is 1. The number of halogens is 1. The van der Waals surface area contributed by atoms with E-state index in [-0.39, 0.29) is 11.9 Å². The first kappa shape index (κ1) is 22.6. The summed E-state index contributed by atoms with van der Waals surface area (Å²) >= 11 is 6.14. The Labute approximate surface area is 196 Å². The standard InChI is InChI=1S/C28H31ClN2O/c1-20-13-21(2)15-24(14-20)28(32)31-12-11-26(30-19-23-9-6-10-25(29)16-23)18-27(31)17-22-7-4-3-5-8-22/h3-10,13-16,26-27,30H,11-12,17-19H2,1-2H3/t26-,27+/m0/s1. The number of hydrogen-bond acceptors (Lipinski definition) is 2. The lowest BCUT2D eigenvalue weighted by atomic mass is 9.91. The first-order valence-corrected chi connectivity index (χ1v) is 11.8. The SMILES string of the molecule is Cc1cc(C)cc(C(=O)N2CC[C@H](NCc3cccc(Cl)c3)C[C@H]2Cc2ccccc2)c1. The third-order valence-corrected chi connectivity index (χ3v) is 6.48. The second-order valence-electron chi connectivity index (χ2n) is 8.95. The molecular formula is C28H31ClN2O. The maximum absolute atomic E-state index is 13.5. The molecule has 0 unspecified atom stereocenters. The predicted octanol–water partition coefficient (Wildman–Crippen LogP) is 5.96. The third-order valence-electron chi connectivity index (χ3n) is 6.24. The van der Waals surface area contributed by atoms with Gasteiger partial charge in [0.2, 0.25) is 0 Å². The van der Waals surface area contributed by atoms with Crippen LogP contribution in [0.15, 0.2) is 72.8 Å². The van der Waals surface area contributed by atoms with Crippen LogP contribution < -0.4 is 5.32 Å². The minimum absolute atomic E-state index is 0.144. The highest BCUT2D eigenvalue weighted by atomic mass is 35.5. The molecule has 0 spiro atoms. The van der Waals surface area contributed by atoms with Crippen molar-refractivity contribution >= 4 is 17.5 Å². The lowest BCUT2D eigenvalue weighted by molar-refractivity contribution is 0.0576. The highest BCUT2D eigenvalue weighted by molar-refractivity contribution is 6.30. The third kappa shape index (κ3) is 5.79. The molecule has 2 atom stereocenters. The van der Waals surface area contributed by atoms with Gasteiger partial charge in [-0.05, 0) is 68.5 Å². The second-order valence-corrected chi connectivity index (χ2v) is 9.39. The Morgan fingerprint density at radius 2 is 1.69 bits per heavy atom. The topological polar surface area (TPSA) is 32.3 Å². The van der Waals surface area contributed by atoms with Crippen molar-refractivity contribution < 1.29 is 4.79 Å². The molecule has 166 valence electrons. The number of amides is 1. The number of carbonyl (C=O) groups excluding carboxylic acids is 1. The molecular weight excluding hydrogens is 416 g/mol. The lowest BCUT2D eigenvalue weighted by Crippen LogP contribution is -2.51. The lowest BCUT2D eigenvalue weighted by Gasteiger charge is -2.40. The molecule has 3 aromatic rings. The van der Waals surface area contributed by atoms with Crippen molar-refractivity contribution in [3.05, 3.63) is 106 Å². The van der Waals surface area contributed by atoms with Crippen LogP contribution in [0.1, 0.15) is 45.5 Å². The Bertz CT molecular complexity index is 1050. The summed E-state index contributed by atoms with van der Waals surface area (Å²) in [7, 11) is 0. The highest BCUT2D eigenvalue weighted by Crippen LogP contribution is 2.25. The van der Waals surface area contributed by atoms with Gasteiger partial charge in [-0.2, -0.15) is 0 Å². The van der Waals surface area contributed by atoms with Crippen LogP contribution in [0.2, 0.25) is 5.02 Å². The maximum Gasteiger partial charge on any atom is 0.254 e. The normalized spacial score (nSPS) is 18.5. The smallest absolute Gasteiger partial charge is 0.254 e. The van der Waals surface area contributed by atoms with E-state index in [1.807, 2.05) is 36.4 Å². The first-order chi connectivity index (χ1) is 15.5. The Morgan fingerprint density at radius 3 is 2.41 bits per heavy atom. The number of carbonyl (C=O) groups is 1. The van der Waals surface area contributed by atoms with E-state index in [9.17, 15) is 4.79 Å². The van der Waals surface area contributed by atoms with Crippen LogP contribution in [-0.4, -0.2) is 29.4 Å². The van der Waals surface area contributed by atoms with Gasteiger partial charge >= 0.3 is 0 Å². The quantitative estimate of drug-likeness (QED) is 0.506. The van der Waals surface area contributed by atoms with Crippen molar-refractivity contribution in [3.63, 3.8) is 0 Å². The van der Waals surface area contributed by atoms with Crippen molar-refractivity contribution in [1.82, 2.24) is 10.2 Å². The van der Waals surface area contributed by atoms with Gasteiger partial charge in [0.1, 0.15) is 0 Å². The van der Waals surface area contributed by atoms with E-state index in [2.05, 4.69) is 60.5 Å². The molecule has 1 amide bonds. The van der Waals surface area contributed by atoms with Crippen LogP contribution in [0.25, 0.3) is 0 Å². The van der Waals surface area contributed by atoms with E-state index in [1.165, 1.54) is 11.1 Å². The van der Waals surface area contributed by atoms with Gasteiger partial charge in [-0.25, -0.2) is 0 Å². The molecule has 0 bridgehead atoms. The number of nitrogens with one attached hydrogen (secondary N) is 1. The molecule has 1 aliphatic rings. The average molecular weight is 447 g/mol. The minimum atomic E-state index is 0.144. The van der Waals surface area contributed by atoms with Gasteiger partial charge in [0.15, 0.2) is 0 Å². The van der Waals surface area contributed by atoms with Crippen LogP contribution in [0, 0.1) is 13.8 Å². The zero-order valence-electron chi connectivity index (χ0n) is 18.9. The molecule has 1 aliphatic heterocycles. The Morgan fingerprint density at radius 1 is 0.969 bits per heavy atom. The van der Waals surface area contributed by atoms with Crippen LogP contribution >= 0.6 is 11.6 Å². The molecule has 0 radical (unpaired) electrons. The number of hydrogen-bond donors (Lipinski definition) is 1. The van der Waals surface area contributed by atoms with E-state index in [4.69, 9.17) is 11.6 Å². The Hall–Kier alpha value is -2.62. The van der Waals surface area contributed by atoms with Crippen molar-refractivity contribution in [2.75, 3.05) is 6.54 Å². The Balaban J connectivity index is 1.50. The summed E-state index contributed by atoms with van der Waals surface area (Å²) in [4.78, 5) is 15.6. The summed E-state index contributed by atoms with van der Waals surface area (Å²) in [6.07, 6.45) is 2.75. The van der Waals surface area contributed by atoms with Crippen LogP contribution in [0.5, 0.6) is 0 Å². The zero-order chi connectivity index (χ0) is 22.5. The predicted molar refractivity (Wildman–Crippen MR) is 132 cm³/mol. The number of nitrogens with zero attached hydrogens (tertiary/aromatic N) is 1. The summed E-state index contributed by atoms with van der Waals surface area (Å²) in [6, 6.07) is 25.2. The zero-order valence-corrected chi connectivity index (χ0v) is 19.6. The summed E-state index contributed by atoms with van der Waals surface area (Å²) in [5.41, 5.74) is 5.51. The van der Waals surface area contributed by atoms with Crippen molar-refractivity contribution in [3.8, 4) is 0 Å². The fraction of sp³-hybridized carbons (Fsp3) is 0.321. The molecule has 1 heterocycles. The monoisotopic (exact) mass is 446 g/mol. The number of likely N-dealkylation sites (tertiary alicyclic amines) is 1. The van der Waals surface area contributed by atoms with Crippen molar-refractivity contribution in [1.29, 1.82) is 0 Å². The highest BCUT2D eigenvalue weighted by Gasteiger charge is 2.32. The van der Waals surface area contributed by atoms with Crippen LogP contribution in [0.4, 0.5) is 0 Å². The van der Waals surface area contributed by atoms with Crippen molar-refractivity contribution in [2.24, 2.45) is 0 Å². The average Bonchev–Trinajstić information content (AvgIpc) is 2.77. The molecule has 3 aromatic carbocycles. The van der Waals surface area contributed by atoms with Gasteiger partial charge in [0.05, 0.1) is 0 Å². The van der Waals surface area contributed by atoms with E-state index >= 15 is 0 Å². The van der Waals surface area contributed by atoms with Gasteiger partial charge in [-0.15, -0.1) is 0 Å². The van der Waals surface area contributed by atoms with Crippen LogP contribution in [-0.2, 0) is 13.0 Å². The van der Waals surface area contributed by atoms with Gasteiger partial charge in [0.25, 0.3) is 5.91 Å². The summed E-state index contributed by atoms with van der Waals surface area (Å²) < 4.78 is 0. The number of benzene rings is 3. The molecule has 4 rings (SSSR count). The molecule has 0 aliphatic carbocycles. The summed E-state index contributed by atoms with van der Waals surface area (Å²) in [5.74, 6) is 0.144. The summed E-state index contributed by atoms with van der Waals surface area (Å²) in [6.45, 7) is 5.65. The molecule has 1 N–H and O–H groups in total. The van der Waals surface area contributed by atoms with E-state index in [0.717, 1.165) is 54.1 Å². The van der Waals surface area contributed by atoms with Gasteiger partial charge in [0, 0.05) is 35.8 Å². The Kier molecular flexibility index (Phi) is 7.29. The van der Waals surface area contributed by atoms with E-state index in [1.54, 1.807) is 0 Å². The molecule has 0 aromatic heterocycles. The number of aryl methyl sites for hydroxylation is 2. The largest absolute Gasteiger partial charge is 0.335 e.